The summed E-state index contributed by atoms with van der Waals surface area (Å²) in [5.74, 6) is -0.595. The van der Waals surface area contributed by atoms with Gasteiger partial charge in [0.1, 0.15) is 17.3 Å². The van der Waals surface area contributed by atoms with Crippen LogP contribution in [-0.2, 0) is 20.7 Å². The van der Waals surface area contributed by atoms with Crippen molar-refractivity contribution in [2.75, 3.05) is 6.61 Å². The molecule has 0 heterocycles. The van der Waals surface area contributed by atoms with E-state index in [4.69, 9.17) is 30.0 Å². The van der Waals surface area contributed by atoms with Crippen molar-refractivity contribution in [3.8, 4) is 11.5 Å². The molecule has 31 heavy (non-hydrogen) atoms. The zero-order valence-electron chi connectivity index (χ0n) is 17.2. The fraction of sp³-hybridized carbons (Fsp3) is 0.250. The van der Waals surface area contributed by atoms with Crippen LogP contribution in [0.4, 0.5) is 0 Å². The van der Waals surface area contributed by atoms with Crippen molar-refractivity contribution in [3.05, 3.63) is 59.7 Å². The molecule has 0 fully saturated rings. The number of ether oxygens (including phenoxy) is 1. The molecule has 0 radical (unpaired) electrons. The molecule has 168 valence electrons. The molecule has 2 aromatic carbocycles. The number of benzene rings is 2. The van der Waals surface area contributed by atoms with Gasteiger partial charge in [-0.3, -0.25) is 10.2 Å². The van der Waals surface area contributed by atoms with Crippen LogP contribution in [0.3, 0.4) is 0 Å². The first-order valence-corrected chi connectivity index (χ1v) is 10.7. The fourth-order valence-electron chi connectivity index (χ4n) is 2.21. The quantitative estimate of drug-likeness (QED) is 0.148. The summed E-state index contributed by atoms with van der Waals surface area (Å²) in [7, 11) is -3.78. The van der Waals surface area contributed by atoms with Gasteiger partial charge in [-0.25, -0.2) is 5.43 Å². The molecular formula is C20H26N4O6S. The lowest BCUT2D eigenvalue weighted by molar-refractivity contribution is -0.134. The number of carbonyl (C=O) groups is 1. The fourth-order valence-corrected chi connectivity index (χ4v) is 3.26. The van der Waals surface area contributed by atoms with Crippen LogP contribution >= 0.6 is 0 Å². The number of nitrogens with two attached hydrogens (primary N) is 1. The van der Waals surface area contributed by atoms with Gasteiger partial charge in [0.2, 0.25) is 5.96 Å². The molecule has 0 saturated carbocycles. The van der Waals surface area contributed by atoms with E-state index in [0.29, 0.717) is 24.3 Å². The SMILES string of the molecule is CC(=O)O.Cc1cc(OCCC=NNC(=N)N)cc(OS(=O)(=O)Cc2ccccc2)c1. The van der Waals surface area contributed by atoms with Crippen molar-refractivity contribution < 1.29 is 27.2 Å². The number of carboxylic acid groups (broad SMARTS) is 1. The van der Waals surface area contributed by atoms with Gasteiger partial charge in [-0.05, 0) is 30.2 Å². The Hall–Kier alpha value is -3.60. The van der Waals surface area contributed by atoms with E-state index in [9.17, 15) is 8.42 Å². The lowest BCUT2D eigenvalue weighted by atomic mass is 10.2. The average Bonchev–Trinajstić information content (AvgIpc) is 2.63. The lowest BCUT2D eigenvalue weighted by Gasteiger charge is -2.11. The first-order valence-electron chi connectivity index (χ1n) is 9.09. The van der Waals surface area contributed by atoms with Crippen LogP contribution in [0.2, 0.25) is 0 Å². The number of nitrogens with zero attached hydrogens (tertiary/aromatic N) is 1. The van der Waals surface area contributed by atoms with E-state index in [1.54, 1.807) is 36.4 Å². The van der Waals surface area contributed by atoms with Gasteiger partial charge in [-0.1, -0.05) is 30.3 Å². The van der Waals surface area contributed by atoms with Crippen LogP contribution in [0, 0.1) is 12.3 Å². The molecule has 0 aliphatic heterocycles. The van der Waals surface area contributed by atoms with E-state index < -0.39 is 16.1 Å². The minimum absolute atomic E-state index is 0.202. The van der Waals surface area contributed by atoms with Crippen molar-refractivity contribution in [2.45, 2.75) is 26.0 Å². The van der Waals surface area contributed by atoms with Crippen LogP contribution in [0.25, 0.3) is 0 Å². The molecule has 0 aliphatic rings. The van der Waals surface area contributed by atoms with E-state index in [1.165, 1.54) is 12.3 Å². The van der Waals surface area contributed by atoms with Gasteiger partial charge in [0.25, 0.3) is 5.97 Å². The van der Waals surface area contributed by atoms with E-state index in [2.05, 4.69) is 10.5 Å². The molecule has 0 saturated heterocycles. The molecule has 2 aromatic rings. The van der Waals surface area contributed by atoms with E-state index in [-0.39, 0.29) is 17.5 Å². The molecule has 0 bridgehead atoms. The number of carboxylic acids is 1. The minimum atomic E-state index is -3.78. The zero-order chi connectivity index (χ0) is 23.3. The second kappa shape index (κ2) is 12.9. The predicted octanol–water partition coefficient (Wildman–Crippen LogP) is 2.23. The number of aliphatic carboxylic acids is 1. The molecule has 0 aliphatic carbocycles. The largest absolute Gasteiger partial charge is 0.493 e. The maximum atomic E-state index is 12.3. The van der Waals surface area contributed by atoms with Gasteiger partial charge >= 0.3 is 10.1 Å². The molecule has 11 heteroatoms. The molecule has 0 amide bonds. The normalized spacial score (nSPS) is 10.6. The second-order valence-electron chi connectivity index (χ2n) is 6.25. The predicted molar refractivity (Wildman–Crippen MR) is 118 cm³/mol. The second-order valence-corrected chi connectivity index (χ2v) is 7.82. The van der Waals surface area contributed by atoms with Crippen molar-refractivity contribution in [2.24, 2.45) is 10.8 Å². The van der Waals surface area contributed by atoms with Gasteiger partial charge in [0.05, 0.1) is 6.61 Å². The van der Waals surface area contributed by atoms with Gasteiger partial charge in [-0.2, -0.15) is 13.5 Å². The topological polar surface area (TPSA) is 164 Å². The number of guanidine groups is 1. The minimum Gasteiger partial charge on any atom is -0.493 e. The maximum Gasteiger partial charge on any atom is 0.313 e. The van der Waals surface area contributed by atoms with Gasteiger partial charge in [0, 0.05) is 25.6 Å². The Morgan fingerprint density at radius 1 is 1.23 bits per heavy atom. The Morgan fingerprint density at radius 2 is 1.84 bits per heavy atom. The van der Waals surface area contributed by atoms with Crippen molar-refractivity contribution in [3.63, 3.8) is 0 Å². The third-order valence-corrected chi connectivity index (χ3v) is 4.36. The molecule has 0 atom stereocenters. The van der Waals surface area contributed by atoms with Gasteiger partial charge in [-0.15, -0.1) is 0 Å². The molecule has 10 nitrogen and oxygen atoms in total. The summed E-state index contributed by atoms with van der Waals surface area (Å²) in [5.41, 5.74) is 8.85. The zero-order valence-corrected chi connectivity index (χ0v) is 18.1. The molecular weight excluding hydrogens is 424 g/mol. The van der Waals surface area contributed by atoms with E-state index >= 15 is 0 Å². The molecule has 0 aromatic heterocycles. The van der Waals surface area contributed by atoms with Crippen LogP contribution in [0.15, 0.2) is 53.6 Å². The number of nitrogens with one attached hydrogen (secondary N) is 2. The van der Waals surface area contributed by atoms with E-state index in [1.807, 2.05) is 13.0 Å². The highest BCUT2D eigenvalue weighted by atomic mass is 32.2. The summed E-state index contributed by atoms with van der Waals surface area (Å²) < 4.78 is 35.3. The Morgan fingerprint density at radius 3 is 2.45 bits per heavy atom. The van der Waals surface area contributed by atoms with Crippen LogP contribution in [-0.4, -0.2) is 38.3 Å². The number of aryl methyl sites for hydroxylation is 1. The van der Waals surface area contributed by atoms with Crippen molar-refractivity contribution in [1.82, 2.24) is 5.43 Å². The number of hydrogen-bond donors (Lipinski definition) is 4. The first kappa shape index (κ1) is 25.4. The highest BCUT2D eigenvalue weighted by Crippen LogP contribution is 2.24. The van der Waals surface area contributed by atoms with Crippen molar-refractivity contribution >= 4 is 28.3 Å². The highest BCUT2D eigenvalue weighted by Gasteiger charge is 2.15. The Kier molecular flexibility index (Phi) is 10.5. The standard InChI is InChI=1S/C18H22N4O4S.C2H4O2/c1-14-10-16(25-9-5-8-21-22-18(19)20)12-17(11-14)26-27(23,24)13-15-6-3-2-4-7-15;1-2(3)4/h2-4,6-8,10-12H,5,9,13H2,1H3,(H4,19,20,22);1H3,(H,3,4). The van der Waals surface area contributed by atoms with Crippen LogP contribution in [0.5, 0.6) is 11.5 Å². The summed E-state index contributed by atoms with van der Waals surface area (Å²) in [5, 5.41) is 18.1. The number of hydrogen-bond acceptors (Lipinski definition) is 7. The third kappa shape index (κ3) is 12.5. The highest BCUT2D eigenvalue weighted by molar-refractivity contribution is 7.86. The molecule has 0 spiro atoms. The lowest BCUT2D eigenvalue weighted by Crippen LogP contribution is -2.25. The summed E-state index contributed by atoms with van der Waals surface area (Å²) >= 11 is 0. The first-order chi connectivity index (χ1) is 14.6. The van der Waals surface area contributed by atoms with Crippen LogP contribution in [0.1, 0.15) is 24.5 Å². The number of hydrazone groups is 1. The molecule has 2 rings (SSSR count). The summed E-state index contributed by atoms with van der Waals surface area (Å²) in [4.78, 5) is 9.00. The summed E-state index contributed by atoms with van der Waals surface area (Å²) in [6.07, 6.45) is 2.01. The molecule has 5 N–H and O–H groups in total. The number of rotatable bonds is 9. The third-order valence-electron chi connectivity index (χ3n) is 3.23. The van der Waals surface area contributed by atoms with Gasteiger partial charge < -0.3 is 19.8 Å². The smallest absolute Gasteiger partial charge is 0.313 e. The van der Waals surface area contributed by atoms with E-state index in [0.717, 1.165) is 12.5 Å². The Labute approximate surface area is 181 Å². The van der Waals surface area contributed by atoms with Crippen LogP contribution < -0.4 is 20.1 Å². The van der Waals surface area contributed by atoms with Gasteiger partial charge in [0.15, 0.2) is 0 Å². The Bertz CT molecular complexity index is 990. The molecule has 0 unspecified atom stereocenters. The average molecular weight is 451 g/mol. The Balaban J connectivity index is 0.00000110. The maximum absolute atomic E-state index is 12.3. The monoisotopic (exact) mass is 450 g/mol. The summed E-state index contributed by atoms with van der Waals surface area (Å²) in [6, 6.07) is 13.8. The van der Waals surface area contributed by atoms with Crippen molar-refractivity contribution in [1.29, 1.82) is 5.41 Å². The summed E-state index contributed by atoms with van der Waals surface area (Å²) in [6.45, 7) is 3.23.